The third-order valence-electron chi connectivity index (χ3n) is 4.20. The minimum atomic E-state index is 0.0133. The molecule has 0 unspecified atom stereocenters. The second-order valence-electron chi connectivity index (χ2n) is 6.32. The van der Waals surface area contributed by atoms with Crippen LogP contribution in [0.2, 0.25) is 0 Å². The molecule has 1 saturated heterocycles. The third-order valence-corrected chi connectivity index (χ3v) is 4.20. The summed E-state index contributed by atoms with van der Waals surface area (Å²) < 4.78 is 13.7. The second kappa shape index (κ2) is 6.78. The van der Waals surface area contributed by atoms with Crippen molar-refractivity contribution in [1.82, 2.24) is 25.1 Å². The smallest absolute Gasteiger partial charge is 0.223 e. The molecular weight excluding hydrogens is 318 g/mol. The zero-order valence-electron chi connectivity index (χ0n) is 14.3. The number of fused-ring (bicyclic) bond motifs is 1. The van der Waals surface area contributed by atoms with Gasteiger partial charge < -0.3 is 14.8 Å². The van der Waals surface area contributed by atoms with Gasteiger partial charge in [-0.25, -0.2) is 4.98 Å². The Morgan fingerprint density at radius 1 is 1.40 bits per heavy atom. The highest BCUT2D eigenvalue weighted by Crippen LogP contribution is 2.28. The highest BCUT2D eigenvalue weighted by molar-refractivity contribution is 5.86. The van der Waals surface area contributed by atoms with Gasteiger partial charge in [-0.05, 0) is 25.1 Å². The average Bonchev–Trinajstić information content (AvgIpc) is 3.06. The van der Waals surface area contributed by atoms with Crippen LogP contribution in [-0.4, -0.2) is 51.7 Å². The normalized spacial score (nSPS) is 20.7. The van der Waals surface area contributed by atoms with Crippen LogP contribution in [0.5, 0.6) is 5.88 Å². The summed E-state index contributed by atoms with van der Waals surface area (Å²) in [6, 6.07) is 5.82. The molecule has 130 valence electrons. The number of morpholine rings is 1. The van der Waals surface area contributed by atoms with E-state index in [0.717, 1.165) is 35.2 Å². The van der Waals surface area contributed by atoms with Crippen molar-refractivity contribution in [3.8, 4) is 17.1 Å². The minimum absolute atomic E-state index is 0.0133. The van der Waals surface area contributed by atoms with Crippen LogP contribution in [0.25, 0.3) is 22.2 Å². The highest BCUT2D eigenvalue weighted by atomic mass is 16.5. The van der Waals surface area contributed by atoms with E-state index in [0.29, 0.717) is 12.5 Å². The molecule has 7 heteroatoms. The molecule has 3 aromatic rings. The van der Waals surface area contributed by atoms with Crippen molar-refractivity contribution < 1.29 is 9.47 Å². The van der Waals surface area contributed by atoms with Crippen molar-refractivity contribution in [3.05, 3.63) is 36.8 Å². The van der Waals surface area contributed by atoms with Gasteiger partial charge in [0.1, 0.15) is 12.7 Å². The van der Waals surface area contributed by atoms with Crippen LogP contribution in [-0.2, 0) is 11.8 Å². The second-order valence-corrected chi connectivity index (χ2v) is 6.32. The van der Waals surface area contributed by atoms with Crippen molar-refractivity contribution in [1.29, 1.82) is 0 Å². The molecule has 0 aliphatic carbocycles. The predicted octanol–water partition coefficient (Wildman–Crippen LogP) is 1.79. The summed E-state index contributed by atoms with van der Waals surface area (Å²) in [7, 11) is 1.88. The van der Waals surface area contributed by atoms with Crippen LogP contribution in [0, 0.1) is 0 Å². The number of hydrogen-bond acceptors (Lipinski definition) is 6. The van der Waals surface area contributed by atoms with Crippen molar-refractivity contribution in [2.45, 2.75) is 19.1 Å². The molecule has 25 heavy (non-hydrogen) atoms. The van der Waals surface area contributed by atoms with Gasteiger partial charge in [-0.15, -0.1) is 0 Å². The Kier molecular flexibility index (Phi) is 4.33. The lowest BCUT2D eigenvalue weighted by Crippen LogP contribution is -2.45. The summed E-state index contributed by atoms with van der Waals surface area (Å²) in [5.74, 6) is 0.575. The standard InChI is InChI=1S/C18H21N5O2/c1-12-7-19-9-14(25-12)11-24-18-15-4-3-5-20-17(15)6-16(22-18)13-8-21-23(2)10-13/h3-6,8,10,12,14,19H,7,9,11H2,1-2H3/t12-,14+/m1/s1. The largest absolute Gasteiger partial charge is 0.474 e. The lowest BCUT2D eigenvalue weighted by atomic mass is 10.2. The number of hydrogen-bond donors (Lipinski definition) is 1. The molecular formula is C18H21N5O2. The van der Waals surface area contributed by atoms with Gasteiger partial charge >= 0.3 is 0 Å². The Morgan fingerprint density at radius 2 is 2.32 bits per heavy atom. The maximum absolute atomic E-state index is 6.03. The molecule has 0 spiro atoms. The maximum atomic E-state index is 6.03. The van der Waals surface area contributed by atoms with E-state index >= 15 is 0 Å². The molecule has 3 aromatic heterocycles. The average molecular weight is 339 g/mol. The minimum Gasteiger partial charge on any atom is -0.474 e. The van der Waals surface area contributed by atoms with E-state index in [9.17, 15) is 0 Å². The van der Waals surface area contributed by atoms with Crippen LogP contribution in [0.4, 0.5) is 0 Å². The van der Waals surface area contributed by atoms with Crippen molar-refractivity contribution in [2.75, 3.05) is 19.7 Å². The van der Waals surface area contributed by atoms with Crippen LogP contribution in [0.15, 0.2) is 36.8 Å². The Morgan fingerprint density at radius 3 is 3.12 bits per heavy atom. The molecule has 0 amide bonds. The molecule has 1 aliphatic heterocycles. The number of nitrogens with zero attached hydrogens (tertiary/aromatic N) is 4. The van der Waals surface area contributed by atoms with Gasteiger partial charge in [-0.2, -0.15) is 5.10 Å². The van der Waals surface area contributed by atoms with E-state index in [2.05, 4.69) is 22.3 Å². The molecule has 0 aromatic carbocycles. The topological polar surface area (TPSA) is 74.1 Å². The van der Waals surface area contributed by atoms with Crippen LogP contribution in [0.1, 0.15) is 6.92 Å². The highest BCUT2D eigenvalue weighted by Gasteiger charge is 2.20. The maximum Gasteiger partial charge on any atom is 0.223 e. The fourth-order valence-corrected chi connectivity index (χ4v) is 3.00. The summed E-state index contributed by atoms with van der Waals surface area (Å²) in [6.07, 6.45) is 5.69. The SMILES string of the molecule is C[C@@H]1CNC[C@@H](COc2nc(-c3cnn(C)c3)cc3ncccc23)O1. The van der Waals surface area contributed by atoms with Gasteiger partial charge in [0.2, 0.25) is 5.88 Å². The molecule has 0 bridgehead atoms. The first-order valence-corrected chi connectivity index (χ1v) is 8.43. The number of aromatic nitrogens is 4. The number of rotatable bonds is 4. The monoisotopic (exact) mass is 339 g/mol. The van der Waals surface area contributed by atoms with Crippen LogP contribution in [0.3, 0.4) is 0 Å². The third kappa shape index (κ3) is 3.47. The molecule has 4 rings (SSSR count). The number of nitrogens with one attached hydrogen (secondary N) is 1. The first kappa shape index (κ1) is 16.0. The Labute approximate surface area is 146 Å². The fourth-order valence-electron chi connectivity index (χ4n) is 3.00. The summed E-state index contributed by atoms with van der Waals surface area (Å²) in [6.45, 7) is 4.16. The molecule has 7 nitrogen and oxygen atoms in total. The van der Waals surface area contributed by atoms with E-state index in [4.69, 9.17) is 14.5 Å². The number of ether oxygens (including phenoxy) is 2. The van der Waals surface area contributed by atoms with Crippen LogP contribution < -0.4 is 10.1 Å². The molecule has 1 fully saturated rings. The van der Waals surface area contributed by atoms with E-state index in [1.165, 1.54) is 0 Å². The zero-order valence-corrected chi connectivity index (χ0v) is 14.3. The predicted molar refractivity (Wildman–Crippen MR) is 94.4 cm³/mol. The van der Waals surface area contributed by atoms with Crippen molar-refractivity contribution in [3.63, 3.8) is 0 Å². The van der Waals surface area contributed by atoms with Crippen molar-refractivity contribution >= 4 is 10.9 Å². The van der Waals surface area contributed by atoms with E-state index in [-0.39, 0.29) is 12.2 Å². The molecule has 1 N–H and O–H groups in total. The Hall–Kier alpha value is -2.51. The fraction of sp³-hybridized carbons (Fsp3) is 0.389. The van der Waals surface area contributed by atoms with Gasteiger partial charge in [0.25, 0.3) is 0 Å². The quantitative estimate of drug-likeness (QED) is 0.781. The summed E-state index contributed by atoms with van der Waals surface area (Å²) >= 11 is 0. The lowest BCUT2D eigenvalue weighted by Gasteiger charge is -2.28. The summed E-state index contributed by atoms with van der Waals surface area (Å²) in [4.78, 5) is 9.15. The van der Waals surface area contributed by atoms with Gasteiger partial charge in [-0.1, -0.05) is 0 Å². The Bertz CT molecular complexity index is 879. The lowest BCUT2D eigenvalue weighted by molar-refractivity contribution is -0.0474. The van der Waals surface area contributed by atoms with E-state index < -0.39 is 0 Å². The molecule has 0 saturated carbocycles. The zero-order chi connectivity index (χ0) is 17.2. The number of aryl methyl sites for hydroxylation is 1. The van der Waals surface area contributed by atoms with Crippen LogP contribution >= 0.6 is 0 Å². The summed E-state index contributed by atoms with van der Waals surface area (Å²) in [5.41, 5.74) is 2.58. The Balaban J connectivity index is 1.64. The number of pyridine rings is 2. The van der Waals surface area contributed by atoms with Gasteiger partial charge in [0.05, 0.1) is 28.9 Å². The molecule has 0 radical (unpaired) electrons. The molecule has 4 heterocycles. The van der Waals surface area contributed by atoms with Crippen molar-refractivity contribution in [2.24, 2.45) is 7.05 Å². The first-order valence-electron chi connectivity index (χ1n) is 8.43. The molecule has 2 atom stereocenters. The first-order chi connectivity index (χ1) is 12.2. The van der Waals surface area contributed by atoms with Gasteiger partial charge in [0, 0.05) is 38.1 Å². The summed E-state index contributed by atoms with van der Waals surface area (Å²) in [5, 5.41) is 8.46. The van der Waals surface area contributed by atoms with E-state index in [1.807, 2.05) is 31.4 Å². The molecule has 1 aliphatic rings. The van der Waals surface area contributed by atoms with Gasteiger partial charge in [-0.3, -0.25) is 9.67 Å². The van der Waals surface area contributed by atoms with Gasteiger partial charge in [0.15, 0.2) is 0 Å². The van der Waals surface area contributed by atoms with E-state index in [1.54, 1.807) is 17.1 Å².